The van der Waals surface area contributed by atoms with Crippen molar-refractivity contribution in [2.45, 2.75) is 6.92 Å². The van der Waals surface area contributed by atoms with E-state index in [0.29, 0.717) is 17.1 Å². The van der Waals surface area contributed by atoms with Crippen LogP contribution in [0.4, 0.5) is 17.2 Å². The SMILES string of the molecule is COc1ccc(NC(=O)c2ccnc(Nc3cccc(C)c3)c2)cc1. The van der Waals surface area contributed by atoms with Crippen molar-refractivity contribution in [3.8, 4) is 5.75 Å². The van der Waals surface area contributed by atoms with Crippen molar-refractivity contribution >= 4 is 23.1 Å². The molecule has 0 saturated heterocycles. The van der Waals surface area contributed by atoms with Crippen LogP contribution in [0.2, 0.25) is 0 Å². The first-order valence-electron chi connectivity index (χ1n) is 7.89. The Balaban J connectivity index is 1.72. The number of pyridine rings is 1. The van der Waals surface area contributed by atoms with Crippen molar-refractivity contribution < 1.29 is 9.53 Å². The van der Waals surface area contributed by atoms with Crippen LogP contribution in [0.5, 0.6) is 5.75 Å². The summed E-state index contributed by atoms with van der Waals surface area (Å²) >= 11 is 0. The fourth-order valence-corrected chi connectivity index (χ4v) is 2.39. The summed E-state index contributed by atoms with van der Waals surface area (Å²) in [6.45, 7) is 2.03. The Morgan fingerprint density at radius 1 is 1.00 bits per heavy atom. The summed E-state index contributed by atoms with van der Waals surface area (Å²) in [5, 5.41) is 6.07. The van der Waals surface area contributed by atoms with Gasteiger partial charge in [-0.05, 0) is 61.0 Å². The third kappa shape index (κ3) is 4.35. The Hall–Kier alpha value is -3.34. The summed E-state index contributed by atoms with van der Waals surface area (Å²) in [6.07, 6.45) is 1.61. The van der Waals surface area contributed by atoms with Crippen molar-refractivity contribution in [2.75, 3.05) is 17.7 Å². The van der Waals surface area contributed by atoms with Gasteiger partial charge in [-0.1, -0.05) is 12.1 Å². The lowest BCUT2D eigenvalue weighted by Gasteiger charge is -2.09. The minimum absolute atomic E-state index is 0.195. The van der Waals surface area contributed by atoms with E-state index < -0.39 is 0 Å². The van der Waals surface area contributed by atoms with E-state index in [1.807, 2.05) is 31.2 Å². The van der Waals surface area contributed by atoms with Crippen molar-refractivity contribution in [1.29, 1.82) is 0 Å². The van der Waals surface area contributed by atoms with Crippen molar-refractivity contribution in [3.05, 3.63) is 78.0 Å². The number of aromatic nitrogens is 1. The highest BCUT2D eigenvalue weighted by Gasteiger charge is 2.08. The van der Waals surface area contributed by atoms with Gasteiger partial charge in [0.05, 0.1) is 7.11 Å². The van der Waals surface area contributed by atoms with Crippen LogP contribution in [0.1, 0.15) is 15.9 Å². The van der Waals surface area contributed by atoms with Gasteiger partial charge in [-0.25, -0.2) is 4.98 Å². The molecule has 0 atom stereocenters. The Morgan fingerprint density at radius 2 is 1.80 bits per heavy atom. The summed E-state index contributed by atoms with van der Waals surface area (Å²) in [7, 11) is 1.60. The molecule has 0 unspecified atom stereocenters. The zero-order chi connectivity index (χ0) is 17.6. The maximum absolute atomic E-state index is 12.4. The zero-order valence-corrected chi connectivity index (χ0v) is 14.1. The van der Waals surface area contributed by atoms with Gasteiger partial charge in [0.15, 0.2) is 0 Å². The van der Waals surface area contributed by atoms with Crippen LogP contribution >= 0.6 is 0 Å². The molecule has 2 N–H and O–H groups in total. The first kappa shape index (κ1) is 16.5. The summed E-state index contributed by atoms with van der Waals surface area (Å²) in [5.41, 5.74) is 3.32. The molecule has 0 aliphatic heterocycles. The summed E-state index contributed by atoms with van der Waals surface area (Å²) in [6, 6.07) is 18.6. The number of nitrogens with zero attached hydrogens (tertiary/aromatic N) is 1. The summed E-state index contributed by atoms with van der Waals surface area (Å²) in [5.74, 6) is 1.17. The van der Waals surface area contributed by atoms with Crippen LogP contribution in [0.15, 0.2) is 66.9 Å². The van der Waals surface area contributed by atoms with E-state index in [2.05, 4.69) is 15.6 Å². The highest BCUT2D eigenvalue weighted by molar-refractivity contribution is 6.04. The number of benzene rings is 2. The van der Waals surface area contributed by atoms with E-state index in [-0.39, 0.29) is 5.91 Å². The highest BCUT2D eigenvalue weighted by atomic mass is 16.5. The number of methoxy groups -OCH3 is 1. The minimum atomic E-state index is -0.195. The number of rotatable bonds is 5. The average molecular weight is 333 g/mol. The third-order valence-electron chi connectivity index (χ3n) is 3.66. The van der Waals surface area contributed by atoms with E-state index in [1.165, 1.54) is 0 Å². The van der Waals surface area contributed by atoms with E-state index in [4.69, 9.17) is 4.74 Å². The van der Waals surface area contributed by atoms with Crippen molar-refractivity contribution in [3.63, 3.8) is 0 Å². The molecule has 0 bridgehead atoms. The normalized spacial score (nSPS) is 10.2. The van der Waals surface area contributed by atoms with Gasteiger partial charge in [-0.15, -0.1) is 0 Å². The van der Waals surface area contributed by atoms with Gasteiger partial charge in [0.25, 0.3) is 5.91 Å². The lowest BCUT2D eigenvalue weighted by atomic mass is 10.2. The largest absolute Gasteiger partial charge is 0.497 e. The summed E-state index contributed by atoms with van der Waals surface area (Å²) in [4.78, 5) is 16.7. The van der Waals surface area contributed by atoms with E-state index in [9.17, 15) is 4.79 Å². The van der Waals surface area contributed by atoms with Gasteiger partial charge in [0.2, 0.25) is 0 Å². The molecule has 0 fully saturated rings. The molecule has 1 aromatic heterocycles. The number of hydrogen-bond donors (Lipinski definition) is 2. The molecular formula is C20H19N3O2. The third-order valence-corrected chi connectivity index (χ3v) is 3.66. The van der Waals surface area contributed by atoms with E-state index >= 15 is 0 Å². The van der Waals surface area contributed by atoms with Crippen LogP contribution in [0.3, 0.4) is 0 Å². The monoisotopic (exact) mass is 333 g/mol. The van der Waals surface area contributed by atoms with Gasteiger partial charge in [-0.2, -0.15) is 0 Å². The quantitative estimate of drug-likeness (QED) is 0.727. The number of aryl methyl sites for hydroxylation is 1. The molecule has 0 aliphatic carbocycles. The van der Waals surface area contributed by atoms with Crippen LogP contribution in [0, 0.1) is 6.92 Å². The van der Waals surface area contributed by atoms with Crippen LogP contribution in [0.25, 0.3) is 0 Å². The van der Waals surface area contributed by atoms with E-state index in [0.717, 1.165) is 17.0 Å². The number of carbonyl (C=O) groups excluding carboxylic acids is 1. The summed E-state index contributed by atoms with van der Waals surface area (Å²) < 4.78 is 5.11. The first-order chi connectivity index (χ1) is 12.1. The molecule has 5 heteroatoms. The van der Waals surface area contributed by atoms with E-state index in [1.54, 1.807) is 49.7 Å². The Labute approximate surface area is 146 Å². The molecular weight excluding hydrogens is 314 g/mol. The fraction of sp³-hybridized carbons (Fsp3) is 0.100. The second-order valence-electron chi connectivity index (χ2n) is 5.61. The second-order valence-corrected chi connectivity index (χ2v) is 5.61. The first-order valence-corrected chi connectivity index (χ1v) is 7.89. The number of ether oxygens (including phenoxy) is 1. The number of anilines is 3. The number of nitrogens with one attached hydrogen (secondary N) is 2. The maximum Gasteiger partial charge on any atom is 0.255 e. The van der Waals surface area contributed by atoms with Gasteiger partial charge in [0, 0.05) is 23.1 Å². The number of hydrogen-bond acceptors (Lipinski definition) is 4. The molecule has 126 valence electrons. The van der Waals surface area contributed by atoms with Crippen molar-refractivity contribution in [2.24, 2.45) is 0 Å². The molecule has 0 spiro atoms. The molecule has 0 aliphatic rings. The Bertz CT molecular complexity index is 876. The van der Waals surface area contributed by atoms with Crippen LogP contribution in [-0.4, -0.2) is 18.0 Å². The average Bonchev–Trinajstić information content (AvgIpc) is 2.62. The number of carbonyl (C=O) groups is 1. The molecule has 3 rings (SSSR count). The van der Waals surface area contributed by atoms with Gasteiger partial charge in [0.1, 0.15) is 11.6 Å². The van der Waals surface area contributed by atoms with Gasteiger partial charge < -0.3 is 15.4 Å². The number of amides is 1. The topological polar surface area (TPSA) is 63.2 Å². The lowest BCUT2D eigenvalue weighted by Crippen LogP contribution is -2.12. The second kappa shape index (κ2) is 7.49. The lowest BCUT2D eigenvalue weighted by molar-refractivity contribution is 0.102. The predicted molar refractivity (Wildman–Crippen MR) is 99.6 cm³/mol. The van der Waals surface area contributed by atoms with Gasteiger partial charge in [-0.3, -0.25) is 4.79 Å². The molecule has 1 amide bonds. The highest BCUT2D eigenvalue weighted by Crippen LogP contribution is 2.18. The molecule has 5 nitrogen and oxygen atoms in total. The fourth-order valence-electron chi connectivity index (χ4n) is 2.39. The zero-order valence-electron chi connectivity index (χ0n) is 14.1. The Morgan fingerprint density at radius 3 is 2.52 bits per heavy atom. The molecule has 3 aromatic rings. The molecule has 2 aromatic carbocycles. The van der Waals surface area contributed by atoms with Crippen molar-refractivity contribution in [1.82, 2.24) is 4.98 Å². The molecule has 0 saturated carbocycles. The maximum atomic E-state index is 12.4. The molecule has 0 radical (unpaired) electrons. The Kier molecular flexibility index (Phi) is 4.95. The minimum Gasteiger partial charge on any atom is -0.497 e. The van der Waals surface area contributed by atoms with Crippen LogP contribution in [-0.2, 0) is 0 Å². The standard InChI is InChI=1S/C20H19N3O2/c1-14-4-3-5-17(12-14)22-19-13-15(10-11-21-19)20(24)23-16-6-8-18(25-2)9-7-16/h3-13H,1-2H3,(H,21,22)(H,23,24). The van der Waals surface area contributed by atoms with Gasteiger partial charge >= 0.3 is 0 Å². The predicted octanol–water partition coefficient (Wildman–Crippen LogP) is 4.39. The van der Waals surface area contributed by atoms with Crippen LogP contribution < -0.4 is 15.4 Å². The molecule has 25 heavy (non-hydrogen) atoms. The smallest absolute Gasteiger partial charge is 0.255 e. The molecule has 1 heterocycles.